The molecular weight excluding hydrogens is 364 g/mol. The first-order chi connectivity index (χ1) is 12.7. The number of nitrogens with zero attached hydrogens (tertiary/aromatic N) is 1. The van der Waals surface area contributed by atoms with Crippen molar-refractivity contribution in [3.8, 4) is 5.75 Å². The molecule has 0 saturated carbocycles. The minimum Gasteiger partial charge on any atom is -0.495 e. The van der Waals surface area contributed by atoms with Crippen LogP contribution in [0.2, 0.25) is 0 Å². The van der Waals surface area contributed by atoms with Gasteiger partial charge in [-0.1, -0.05) is 13.8 Å². The third-order valence-corrected chi connectivity index (χ3v) is 7.07. The molecule has 1 aliphatic heterocycles. The number of amides is 1. The molecule has 2 rings (SSSR count). The zero-order chi connectivity index (χ0) is 20.2. The molecule has 0 unspecified atom stereocenters. The maximum absolute atomic E-state index is 12.9. The summed E-state index contributed by atoms with van der Waals surface area (Å²) in [5.41, 5.74) is 1.89. The van der Waals surface area contributed by atoms with Crippen molar-refractivity contribution in [1.29, 1.82) is 0 Å². The van der Waals surface area contributed by atoms with Crippen molar-refractivity contribution in [2.24, 2.45) is 5.92 Å². The number of sulfonamides is 1. The molecule has 6 nitrogen and oxygen atoms in total. The molecule has 1 N–H and O–H groups in total. The fraction of sp³-hybridized carbons (Fsp3) is 0.650. The fourth-order valence-electron chi connectivity index (χ4n) is 3.53. The van der Waals surface area contributed by atoms with Crippen LogP contribution in [0.15, 0.2) is 17.0 Å². The lowest BCUT2D eigenvalue weighted by Gasteiger charge is -2.34. The molecule has 0 bridgehead atoms. The van der Waals surface area contributed by atoms with E-state index in [1.54, 1.807) is 12.1 Å². The van der Waals surface area contributed by atoms with Gasteiger partial charge in [0.05, 0.1) is 7.11 Å². The van der Waals surface area contributed by atoms with Gasteiger partial charge in [0.1, 0.15) is 10.6 Å². The van der Waals surface area contributed by atoms with Crippen LogP contribution in [-0.2, 0) is 14.8 Å². The number of piperidine rings is 1. The molecule has 1 saturated heterocycles. The molecule has 27 heavy (non-hydrogen) atoms. The summed E-state index contributed by atoms with van der Waals surface area (Å²) in [5.74, 6) is 0.613. The van der Waals surface area contributed by atoms with Crippen LogP contribution in [-0.4, -0.2) is 45.5 Å². The summed E-state index contributed by atoms with van der Waals surface area (Å²) in [7, 11) is -2.21. The normalized spacial score (nSPS) is 16.0. The molecule has 0 spiro atoms. The molecule has 1 aromatic carbocycles. The van der Waals surface area contributed by atoms with Gasteiger partial charge >= 0.3 is 0 Å². The first-order valence-electron chi connectivity index (χ1n) is 9.69. The Morgan fingerprint density at radius 3 is 2.26 bits per heavy atom. The first kappa shape index (κ1) is 21.7. The molecule has 152 valence electrons. The van der Waals surface area contributed by atoms with Gasteiger partial charge in [-0.3, -0.25) is 4.79 Å². The minimum absolute atomic E-state index is 0.0676. The molecule has 1 amide bonds. The van der Waals surface area contributed by atoms with Crippen LogP contribution in [0.3, 0.4) is 0 Å². The second kappa shape index (κ2) is 9.06. The summed E-state index contributed by atoms with van der Waals surface area (Å²) in [6.45, 7) is 9.05. The van der Waals surface area contributed by atoms with E-state index < -0.39 is 10.0 Å². The van der Waals surface area contributed by atoms with Crippen LogP contribution in [0.1, 0.15) is 50.7 Å². The van der Waals surface area contributed by atoms with E-state index in [0.717, 1.165) is 24.0 Å². The molecule has 0 radical (unpaired) electrons. The van der Waals surface area contributed by atoms with Gasteiger partial charge in [-0.2, -0.15) is 0 Å². The van der Waals surface area contributed by atoms with Gasteiger partial charge in [-0.05, 0) is 62.8 Å². The summed E-state index contributed by atoms with van der Waals surface area (Å²) < 4.78 is 33.9. The molecule has 1 aliphatic rings. The van der Waals surface area contributed by atoms with E-state index in [2.05, 4.69) is 4.72 Å². The summed E-state index contributed by atoms with van der Waals surface area (Å²) in [6.07, 6.45) is 2.93. The van der Waals surface area contributed by atoms with Gasteiger partial charge in [0.25, 0.3) is 0 Å². The number of hydrogen-bond acceptors (Lipinski definition) is 4. The topological polar surface area (TPSA) is 75.7 Å². The number of methoxy groups -OCH3 is 1. The number of ether oxygens (including phenoxy) is 1. The molecule has 7 heteroatoms. The van der Waals surface area contributed by atoms with E-state index in [1.165, 1.54) is 7.11 Å². The highest BCUT2D eigenvalue weighted by Crippen LogP contribution is 2.28. The molecule has 0 aromatic heterocycles. The van der Waals surface area contributed by atoms with Crippen LogP contribution in [0, 0.1) is 19.8 Å². The Morgan fingerprint density at radius 1 is 1.19 bits per heavy atom. The highest BCUT2D eigenvalue weighted by molar-refractivity contribution is 7.89. The van der Waals surface area contributed by atoms with Crippen LogP contribution < -0.4 is 9.46 Å². The van der Waals surface area contributed by atoms with Crippen molar-refractivity contribution in [2.75, 3.05) is 20.2 Å². The highest BCUT2D eigenvalue weighted by Gasteiger charge is 2.30. The number of carbonyl (C=O) groups excluding carboxylic acids is 1. The smallest absolute Gasteiger partial charge is 0.244 e. The molecular formula is C20H32N2O4S. The van der Waals surface area contributed by atoms with E-state index in [9.17, 15) is 13.2 Å². The minimum atomic E-state index is -3.68. The predicted octanol–water partition coefficient (Wildman–Crippen LogP) is 3.02. The molecule has 0 aliphatic carbocycles. The fourth-order valence-corrected chi connectivity index (χ4v) is 5.07. The Labute approximate surface area is 163 Å². The third-order valence-electron chi connectivity index (χ3n) is 5.53. The monoisotopic (exact) mass is 396 g/mol. The number of benzene rings is 1. The second-order valence-electron chi connectivity index (χ2n) is 7.32. The quantitative estimate of drug-likeness (QED) is 0.769. The zero-order valence-electron chi connectivity index (χ0n) is 17.0. The Kier molecular flexibility index (Phi) is 7.28. The molecule has 0 atom stereocenters. The average molecular weight is 397 g/mol. The Morgan fingerprint density at radius 2 is 1.74 bits per heavy atom. The Balaban J connectivity index is 2.06. The average Bonchev–Trinajstić information content (AvgIpc) is 2.64. The predicted molar refractivity (Wildman–Crippen MR) is 106 cm³/mol. The van der Waals surface area contributed by atoms with Crippen molar-refractivity contribution in [1.82, 2.24) is 9.62 Å². The van der Waals surface area contributed by atoms with Crippen LogP contribution in [0.4, 0.5) is 0 Å². The van der Waals surface area contributed by atoms with E-state index in [1.807, 2.05) is 32.6 Å². The maximum atomic E-state index is 12.9. The first-order valence-corrected chi connectivity index (χ1v) is 11.2. The van der Waals surface area contributed by atoms with Gasteiger partial charge in [0.2, 0.25) is 15.9 Å². The van der Waals surface area contributed by atoms with E-state index in [0.29, 0.717) is 31.7 Å². The maximum Gasteiger partial charge on any atom is 0.244 e. The van der Waals surface area contributed by atoms with Gasteiger partial charge in [-0.15, -0.1) is 0 Å². The van der Waals surface area contributed by atoms with Crippen molar-refractivity contribution in [2.45, 2.75) is 64.3 Å². The number of hydrogen-bond donors (Lipinski definition) is 1. The molecule has 1 heterocycles. The second-order valence-corrected chi connectivity index (χ2v) is 9.00. The van der Waals surface area contributed by atoms with Crippen molar-refractivity contribution < 1.29 is 17.9 Å². The van der Waals surface area contributed by atoms with Gasteiger partial charge in [0, 0.05) is 25.0 Å². The standard InChI is InChI=1S/C20H32N2O4S/c1-6-16(7-2)20(23)22-10-8-17(9-11-22)21-27(24,25)19-13-15(4)14(3)12-18(19)26-5/h12-13,16-17,21H,6-11H2,1-5H3. The summed E-state index contributed by atoms with van der Waals surface area (Å²) in [6, 6.07) is 3.23. The Bertz CT molecular complexity index is 764. The summed E-state index contributed by atoms with van der Waals surface area (Å²) in [4.78, 5) is 14.5. The SMILES string of the molecule is CCC(CC)C(=O)N1CCC(NS(=O)(=O)c2cc(C)c(C)cc2OC)CC1. The van der Waals surface area contributed by atoms with Crippen LogP contribution in [0.25, 0.3) is 0 Å². The molecule has 1 fully saturated rings. The third kappa shape index (κ3) is 5.02. The highest BCUT2D eigenvalue weighted by atomic mass is 32.2. The zero-order valence-corrected chi connectivity index (χ0v) is 17.9. The van der Waals surface area contributed by atoms with Crippen LogP contribution in [0.5, 0.6) is 5.75 Å². The number of aryl methyl sites for hydroxylation is 2. The lowest BCUT2D eigenvalue weighted by molar-refractivity contribution is -0.136. The largest absolute Gasteiger partial charge is 0.495 e. The van der Waals surface area contributed by atoms with Gasteiger partial charge in [0.15, 0.2) is 0 Å². The van der Waals surface area contributed by atoms with E-state index in [-0.39, 0.29) is 22.8 Å². The van der Waals surface area contributed by atoms with Crippen molar-refractivity contribution in [3.05, 3.63) is 23.3 Å². The van der Waals surface area contributed by atoms with Crippen molar-refractivity contribution >= 4 is 15.9 Å². The summed E-state index contributed by atoms with van der Waals surface area (Å²) >= 11 is 0. The number of nitrogens with one attached hydrogen (secondary N) is 1. The van der Waals surface area contributed by atoms with E-state index >= 15 is 0 Å². The summed E-state index contributed by atoms with van der Waals surface area (Å²) in [5, 5.41) is 0. The van der Waals surface area contributed by atoms with Gasteiger partial charge in [-0.25, -0.2) is 13.1 Å². The number of likely N-dealkylation sites (tertiary alicyclic amines) is 1. The van der Waals surface area contributed by atoms with Gasteiger partial charge < -0.3 is 9.64 Å². The molecule has 1 aromatic rings. The van der Waals surface area contributed by atoms with Crippen molar-refractivity contribution in [3.63, 3.8) is 0 Å². The lowest BCUT2D eigenvalue weighted by Crippen LogP contribution is -2.48. The lowest BCUT2D eigenvalue weighted by atomic mass is 9.99. The Hall–Kier alpha value is -1.60. The van der Waals surface area contributed by atoms with Crippen LogP contribution >= 0.6 is 0 Å². The number of rotatable bonds is 7. The van der Waals surface area contributed by atoms with E-state index in [4.69, 9.17) is 4.74 Å². The number of carbonyl (C=O) groups is 1.